The lowest BCUT2D eigenvalue weighted by atomic mass is 10.0. The summed E-state index contributed by atoms with van der Waals surface area (Å²) in [6.07, 6.45) is 0.944. The van der Waals surface area contributed by atoms with Crippen molar-refractivity contribution in [1.29, 1.82) is 0 Å². The predicted molar refractivity (Wildman–Crippen MR) is 72.7 cm³/mol. The standard InChI is InChI=1S/C15H12BrF3/c16-12(10-4-2-1-3-5-10)8-6-11-7-9-13(17)15(19)14(11)18/h1-5,7,9,12H,6,8H2. The molecule has 0 saturated heterocycles. The van der Waals surface area contributed by atoms with Crippen molar-refractivity contribution >= 4 is 15.9 Å². The lowest BCUT2D eigenvalue weighted by Crippen LogP contribution is -2.00. The van der Waals surface area contributed by atoms with Crippen LogP contribution in [0.2, 0.25) is 0 Å². The van der Waals surface area contributed by atoms with E-state index in [-0.39, 0.29) is 10.4 Å². The van der Waals surface area contributed by atoms with Gasteiger partial charge in [-0.1, -0.05) is 52.3 Å². The number of halogens is 4. The van der Waals surface area contributed by atoms with Gasteiger partial charge in [-0.25, -0.2) is 13.2 Å². The molecule has 0 bridgehead atoms. The molecular weight excluding hydrogens is 317 g/mol. The van der Waals surface area contributed by atoms with Crippen molar-refractivity contribution in [2.24, 2.45) is 0 Å². The first-order valence-electron chi connectivity index (χ1n) is 5.91. The van der Waals surface area contributed by atoms with Crippen molar-refractivity contribution < 1.29 is 13.2 Å². The fourth-order valence-electron chi connectivity index (χ4n) is 1.87. The summed E-state index contributed by atoms with van der Waals surface area (Å²) in [5.41, 5.74) is 1.27. The van der Waals surface area contributed by atoms with Crippen molar-refractivity contribution in [2.75, 3.05) is 0 Å². The van der Waals surface area contributed by atoms with E-state index in [1.807, 2.05) is 30.3 Å². The largest absolute Gasteiger partial charge is 0.204 e. The summed E-state index contributed by atoms with van der Waals surface area (Å²) in [5, 5.41) is 0. The quantitative estimate of drug-likeness (QED) is 0.536. The molecule has 0 aliphatic rings. The fraction of sp³-hybridized carbons (Fsp3) is 0.200. The molecule has 0 aliphatic heterocycles. The average molecular weight is 329 g/mol. The highest BCUT2D eigenvalue weighted by molar-refractivity contribution is 9.09. The Bertz CT molecular complexity index is 555. The van der Waals surface area contributed by atoms with Crippen LogP contribution < -0.4 is 0 Å². The van der Waals surface area contributed by atoms with Crippen LogP contribution >= 0.6 is 15.9 Å². The molecule has 100 valence electrons. The molecule has 2 aromatic rings. The number of rotatable bonds is 4. The van der Waals surface area contributed by atoms with Gasteiger partial charge in [-0.2, -0.15) is 0 Å². The van der Waals surface area contributed by atoms with Gasteiger partial charge in [-0.15, -0.1) is 0 Å². The molecule has 0 fully saturated rings. The summed E-state index contributed by atoms with van der Waals surface area (Å²) in [4.78, 5) is 0.0567. The third-order valence-corrected chi connectivity index (χ3v) is 3.93. The summed E-state index contributed by atoms with van der Waals surface area (Å²) in [7, 11) is 0. The van der Waals surface area contributed by atoms with Crippen molar-refractivity contribution in [1.82, 2.24) is 0 Å². The second-order valence-electron chi connectivity index (χ2n) is 4.25. The third kappa shape index (κ3) is 3.38. The summed E-state index contributed by atoms with van der Waals surface area (Å²) >= 11 is 3.51. The Balaban J connectivity index is 2.05. The van der Waals surface area contributed by atoms with Crippen LogP contribution in [-0.2, 0) is 6.42 Å². The number of hydrogen-bond acceptors (Lipinski definition) is 0. The normalized spacial score (nSPS) is 12.4. The molecule has 0 N–H and O–H groups in total. The van der Waals surface area contributed by atoms with Crippen molar-refractivity contribution in [3.05, 3.63) is 71.0 Å². The summed E-state index contributed by atoms with van der Waals surface area (Å²) in [6.45, 7) is 0. The van der Waals surface area contributed by atoms with Crippen molar-refractivity contribution in [3.8, 4) is 0 Å². The highest BCUT2D eigenvalue weighted by atomic mass is 79.9. The first kappa shape index (κ1) is 14.1. The van der Waals surface area contributed by atoms with Crippen LogP contribution in [0.4, 0.5) is 13.2 Å². The van der Waals surface area contributed by atoms with Gasteiger partial charge in [0.2, 0.25) is 0 Å². The minimum Gasteiger partial charge on any atom is -0.204 e. The van der Waals surface area contributed by atoms with Gasteiger partial charge in [0.1, 0.15) is 0 Å². The smallest absolute Gasteiger partial charge is 0.194 e. The first-order chi connectivity index (χ1) is 9.09. The van der Waals surface area contributed by atoms with Gasteiger partial charge in [-0.3, -0.25) is 0 Å². The lowest BCUT2D eigenvalue weighted by Gasteiger charge is -2.10. The zero-order valence-corrected chi connectivity index (χ0v) is 11.6. The van der Waals surface area contributed by atoms with E-state index in [9.17, 15) is 13.2 Å². The first-order valence-corrected chi connectivity index (χ1v) is 6.82. The minimum absolute atomic E-state index is 0.0567. The second-order valence-corrected chi connectivity index (χ2v) is 5.36. The summed E-state index contributed by atoms with van der Waals surface area (Å²) in [6, 6.07) is 11.9. The molecule has 0 amide bonds. The van der Waals surface area contributed by atoms with Crippen LogP contribution in [0, 0.1) is 17.5 Å². The molecule has 19 heavy (non-hydrogen) atoms. The number of hydrogen-bond donors (Lipinski definition) is 0. The third-order valence-electron chi connectivity index (χ3n) is 2.94. The molecule has 0 nitrogen and oxygen atoms in total. The summed E-state index contributed by atoms with van der Waals surface area (Å²) in [5.74, 6) is -3.64. The molecule has 4 heteroatoms. The Labute approximate surface area is 118 Å². The number of aryl methyl sites for hydroxylation is 1. The molecule has 0 spiro atoms. The van der Waals surface area contributed by atoms with Gasteiger partial charge < -0.3 is 0 Å². The Morgan fingerprint density at radius 3 is 2.26 bits per heavy atom. The van der Waals surface area contributed by atoms with E-state index >= 15 is 0 Å². The maximum Gasteiger partial charge on any atom is 0.194 e. The van der Waals surface area contributed by atoms with Gasteiger partial charge in [0, 0.05) is 4.83 Å². The van der Waals surface area contributed by atoms with E-state index in [0.717, 1.165) is 11.6 Å². The minimum atomic E-state index is -1.40. The summed E-state index contributed by atoms with van der Waals surface area (Å²) < 4.78 is 39.4. The van der Waals surface area contributed by atoms with E-state index in [1.165, 1.54) is 6.07 Å². The topological polar surface area (TPSA) is 0 Å². The van der Waals surface area contributed by atoms with Crippen LogP contribution in [0.3, 0.4) is 0 Å². The SMILES string of the molecule is Fc1ccc(CCC(Br)c2ccccc2)c(F)c1F. The van der Waals surface area contributed by atoms with E-state index in [4.69, 9.17) is 0 Å². The molecule has 0 saturated carbocycles. The molecule has 0 radical (unpaired) electrons. The van der Waals surface area contributed by atoms with E-state index in [2.05, 4.69) is 15.9 Å². The monoisotopic (exact) mass is 328 g/mol. The average Bonchev–Trinajstić information content (AvgIpc) is 2.45. The van der Waals surface area contributed by atoms with Crippen LogP contribution in [0.15, 0.2) is 42.5 Å². The van der Waals surface area contributed by atoms with Crippen LogP contribution in [0.1, 0.15) is 22.4 Å². The molecule has 0 aromatic heterocycles. The van der Waals surface area contributed by atoms with E-state index in [1.54, 1.807) is 0 Å². The highest BCUT2D eigenvalue weighted by Crippen LogP contribution is 2.28. The molecule has 0 aliphatic carbocycles. The van der Waals surface area contributed by atoms with Gasteiger partial charge in [0.05, 0.1) is 0 Å². The van der Waals surface area contributed by atoms with E-state index < -0.39 is 17.5 Å². The van der Waals surface area contributed by atoms with Crippen molar-refractivity contribution in [2.45, 2.75) is 17.7 Å². The zero-order valence-electron chi connectivity index (χ0n) is 10.0. The molecule has 2 aromatic carbocycles. The van der Waals surface area contributed by atoms with Gasteiger partial charge in [0.25, 0.3) is 0 Å². The Hall–Kier alpha value is -1.29. The number of alkyl halides is 1. The molecule has 1 unspecified atom stereocenters. The van der Waals surface area contributed by atoms with Crippen molar-refractivity contribution in [3.63, 3.8) is 0 Å². The number of benzene rings is 2. The van der Waals surface area contributed by atoms with E-state index in [0.29, 0.717) is 12.8 Å². The Kier molecular flexibility index (Phi) is 4.64. The molecule has 2 rings (SSSR count). The predicted octanol–water partition coefficient (Wildman–Crippen LogP) is 5.17. The van der Waals surface area contributed by atoms with Gasteiger partial charge >= 0.3 is 0 Å². The fourth-order valence-corrected chi connectivity index (χ4v) is 2.40. The van der Waals surface area contributed by atoms with Gasteiger partial charge in [0.15, 0.2) is 17.5 Å². The van der Waals surface area contributed by atoms with Crippen LogP contribution in [-0.4, -0.2) is 0 Å². The maximum absolute atomic E-state index is 13.5. The maximum atomic E-state index is 13.5. The Morgan fingerprint density at radius 1 is 0.895 bits per heavy atom. The highest BCUT2D eigenvalue weighted by Gasteiger charge is 2.14. The van der Waals surface area contributed by atoms with Crippen LogP contribution in [0.5, 0.6) is 0 Å². The molecular formula is C15H12BrF3. The second kappa shape index (κ2) is 6.24. The lowest BCUT2D eigenvalue weighted by molar-refractivity contribution is 0.440. The zero-order chi connectivity index (χ0) is 13.8. The Morgan fingerprint density at radius 2 is 1.58 bits per heavy atom. The van der Waals surface area contributed by atoms with Crippen LogP contribution in [0.25, 0.3) is 0 Å². The van der Waals surface area contributed by atoms with Gasteiger partial charge in [-0.05, 0) is 30.0 Å². The molecule has 1 atom stereocenters. The molecule has 0 heterocycles.